The summed E-state index contributed by atoms with van der Waals surface area (Å²) in [6.45, 7) is 4.74. The van der Waals surface area contributed by atoms with E-state index in [0.29, 0.717) is 18.0 Å². The third-order valence-corrected chi connectivity index (χ3v) is 5.50. The van der Waals surface area contributed by atoms with Gasteiger partial charge in [0.2, 0.25) is 10.0 Å². The molecule has 0 radical (unpaired) electrons. The van der Waals surface area contributed by atoms with Crippen LogP contribution in [0.3, 0.4) is 0 Å². The Balaban J connectivity index is 2.47. The van der Waals surface area contributed by atoms with Gasteiger partial charge in [-0.3, -0.25) is 0 Å². The van der Waals surface area contributed by atoms with Crippen molar-refractivity contribution < 1.29 is 8.42 Å². The zero-order valence-corrected chi connectivity index (χ0v) is 13.5. The van der Waals surface area contributed by atoms with Crippen molar-refractivity contribution in [2.24, 2.45) is 11.1 Å². The zero-order valence-electron chi connectivity index (χ0n) is 12.7. The molecule has 2 N–H and O–H groups in total. The van der Waals surface area contributed by atoms with E-state index < -0.39 is 10.0 Å². The van der Waals surface area contributed by atoms with Crippen molar-refractivity contribution in [3.63, 3.8) is 0 Å². The quantitative estimate of drug-likeness (QED) is 0.923. The average Bonchev–Trinajstić information content (AvgIpc) is 2.46. The number of rotatable bonds is 5. The second kappa shape index (κ2) is 5.75. The molecule has 0 atom stereocenters. The third-order valence-electron chi connectivity index (χ3n) is 3.64. The monoisotopic (exact) mass is 306 g/mol. The molecule has 4 nitrogen and oxygen atoms in total. The van der Waals surface area contributed by atoms with Crippen LogP contribution in [0.2, 0.25) is 0 Å². The van der Waals surface area contributed by atoms with Gasteiger partial charge in [0.15, 0.2) is 0 Å². The minimum atomic E-state index is -3.53. The number of fused-ring (bicyclic) bond motifs is 1. The summed E-state index contributed by atoms with van der Waals surface area (Å²) in [5.41, 5.74) is 5.45. The van der Waals surface area contributed by atoms with Gasteiger partial charge in [0.05, 0.1) is 4.90 Å². The van der Waals surface area contributed by atoms with Gasteiger partial charge in [-0.1, -0.05) is 50.2 Å². The first-order valence-electron chi connectivity index (χ1n) is 6.92. The molecule has 0 fully saturated rings. The van der Waals surface area contributed by atoms with Gasteiger partial charge in [0.1, 0.15) is 0 Å². The van der Waals surface area contributed by atoms with Crippen LogP contribution >= 0.6 is 0 Å². The molecule has 0 aliphatic carbocycles. The van der Waals surface area contributed by atoms with E-state index in [9.17, 15) is 8.42 Å². The van der Waals surface area contributed by atoms with E-state index in [1.54, 1.807) is 19.2 Å². The van der Waals surface area contributed by atoms with Crippen molar-refractivity contribution in [1.29, 1.82) is 0 Å². The summed E-state index contributed by atoms with van der Waals surface area (Å²) in [6, 6.07) is 12.9. The fourth-order valence-corrected chi connectivity index (χ4v) is 3.91. The zero-order chi connectivity index (χ0) is 15.7. The van der Waals surface area contributed by atoms with Gasteiger partial charge in [-0.25, -0.2) is 12.7 Å². The summed E-state index contributed by atoms with van der Waals surface area (Å²) in [6.07, 6.45) is 0. The van der Waals surface area contributed by atoms with Gasteiger partial charge >= 0.3 is 0 Å². The van der Waals surface area contributed by atoms with Crippen LogP contribution in [0.4, 0.5) is 0 Å². The van der Waals surface area contributed by atoms with E-state index in [1.165, 1.54) is 4.31 Å². The molecule has 114 valence electrons. The van der Waals surface area contributed by atoms with Crippen molar-refractivity contribution in [3.05, 3.63) is 42.5 Å². The number of sulfonamides is 1. The molecule has 0 saturated carbocycles. The lowest BCUT2D eigenvalue weighted by molar-refractivity contribution is 0.292. The Labute approximate surface area is 126 Å². The van der Waals surface area contributed by atoms with Crippen LogP contribution < -0.4 is 5.73 Å². The Morgan fingerprint density at radius 1 is 1.10 bits per heavy atom. The maximum atomic E-state index is 12.8. The van der Waals surface area contributed by atoms with Crippen LogP contribution in [-0.4, -0.2) is 32.9 Å². The van der Waals surface area contributed by atoms with Crippen molar-refractivity contribution in [3.8, 4) is 0 Å². The van der Waals surface area contributed by atoms with E-state index in [2.05, 4.69) is 0 Å². The standard InChI is InChI=1S/C16H22N2O2S/c1-16(2,11-17)12-18(3)21(19,20)15-10-6-8-13-7-4-5-9-14(13)15/h4-10H,11-12,17H2,1-3H3. The Morgan fingerprint density at radius 2 is 1.71 bits per heavy atom. The molecule has 2 rings (SSSR count). The van der Waals surface area contributed by atoms with Gasteiger partial charge < -0.3 is 5.73 Å². The van der Waals surface area contributed by atoms with Crippen LogP contribution in [0.5, 0.6) is 0 Å². The highest BCUT2D eigenvalue weighted by molar-refractivity contribution is 7.89. The lowest BCUT2D eigenvalue weighted by Gasteiger charge is -2.28. The number of nitrogens with zero attached hydrogens (tertiary/aromatic N) is 1. The maximum Gasteiger partial charge on any atom is 0.243 e. The van der Waals surface area contributed by atoms with Crippen molar-refractivity contribution in [1.82, 2.24) is 4.31 Å². The molecule has 0 saturated heterocycles. The van der Waals surface area contributed by atoms with E-state index in [0.717, 1.165) is 10.8 Å². The van der Waals surface area contributed by atoms with E-state index in [4.69, 9.17) is 5.73 Å². The van der Waals surface area contributed by atoms with Crippen LogP contribution in [0.1, 0.15) is 13.8 Å². The molecule has 0 unspecified atom stereocenters. The Bertz CT molecular complexity index is 734. The first kappa shape index (κ1) is 15.9. The molecular formula is C16H22N2O2S. The van der Waals surface area contributed by atoms with Crippen LogP contribution in [-0.2, 0) is 10.0 Å². The molecule has 2 aromatic carbocycles. The molecule has 0 aromatic heterocycles. The van der Waals surface area contributed by atoms with Gasteiger partial charge in [0.25, 0.3) is 0 Å². The molecule has 5 heteroatoms. The number of hydrogen-bond donors (Lipinski definition) is 1. The highest BCUT2D eigenvalue weighted by atomic mass is 32.2. The Morgan fingerprint density at radius 3 is 2.38 bits per heavy atom. The number of benzene rings is 2. The third kappa shape index (κ3) is 3.26. The van der Waals surface area contributed by atoms with E-state index in [1.807, 2.05) is 44.2 Å². The SMILES string of the molecule is CN(CC(C)(C)CN)S(=O)(=O)c1cccc2ccccc12. The highest BCUT2D eigenvalue weighted by Crippen LogP contribution is 2.26. The average molecular weight is 306 g/mol. The van der Waals surface area contributed by atoms with E-state index >= 15 is 0 Å². The molecule has 0 aliphatic heterocycles. The predicted molar refractivity (Wildman–Crippen MR) is 86.6 cm³/mol. The van der Waals surface area contributed by atoms with Crippen LogP contribution in [0.25, 0.3) is 10.8 Å². The van der Waals surface area contributed by atoms with Crippen molar-refractivity contribution in [2.75, 3.05) is 20.1 Å². The molecule has 21 heavy (non-hydrogen) atoms. The minimum absolute atomic E-state index is 0.258. The van der Waals surface area contributed by atoms with Gasteiger partial charge in [-0.05, 0) is 23.4 Å². The maximum absolute atomic E-state index is 12.8. The van der Waals surface area contributed by atoms with Crippen molar-refractivity contribution >= 4 is 20.8 Å². The lowest BCUT2D eigenvalue weighted by Crippen LogP contribution is -2.39. The molecule has 0 heterocycles. The molecule has 0 amide bonds. The second-order valence-corrected chi connectivity index (χ2v) is 8.12. The Hall–Kier alpha value is -1.43. The Kier molecular flexibility index (Phi) is 4.37. The van der Waals surface area contributed by atoms with Crippen LogP contribution in [0, 0.1) is 5.41 Å². The first-order valence-corrected chi connectivity index (χ1v) is 8.36. The molecule has 0 bridgehead atoms. The predicted octanol–water partition coefficient (Wildman–Crippen LogP) is 2.45. The highest BCUT2D eigenvalue weighted by Gasteiger charge is 2.28. The lowest BCUT2D eigenvalue weighted by atomic mass is 9.94. The summed E-state index contributed by atoms with van der Waals surface area (Å²) in [4.78, 5) is 0.343. The smallest absolute Gasteiger partial charge is 0.243 e. The number of nitrogens with two attached hydrogens (primary N) is 1. The molecule has 2 aromatic rings. The topological polar surface area (TPSA) is 63.4 Å². The summed E-state index contributed by atoms with van der Waals surface area (Å²) in [5, 5.41) is 1.67. The largest absolute Gasteiger partial charge is 0.330 e. The molecular weight excluding hydrogens is 284 g/mol. The van der Waals surface area contributed by atoms with Crippen molar-refractivity contribution in [2.45, 2.75) is 18.7 Å². The van der Waals surface area contributed by atoms with Crippen LogP contribution in [0.15, 0.2) is 47.4 Å². The molecule has 0 spiro atoms. The first-order chi connectivity index (χ1) is 9.78. The summed E-state index contributed by atoms with van der Waals surface area (Å²) < 4.78 is 27.0. The van der Waals surface area contributed by atoms with Gasteiger partial charge in [-0.2, -0.15) is 0 Å². The summed E-state index contributed by atoms with van der Waals surface area (Å²) >= 11 is 0. The fraction of sp³-hybridized carbons (Fsp3) is 0.375. The van der Waals surface area contributed by atoms with Gasteiger partial charge in [0, 0.05) is 19.0 Å². The summed E-state index contributed by atoms with van der Waals surface area (Å²) in [5.74, 6) is 0. The van der Waals surface area contributed by atoms with E-state index in [-0.39, 0.29) is 5.41 Å². The second-order valence-electron chi connectivity index (χ2n) is 6.11. The van der Waals surface area contributed by atoms with Gasteiger partial charge in [-0.15, -0.1) is 0 Å². The summed E-state index contributed by atoms with van der Waals surface area (Å²) in [7, 11) is -1.93. The fourth-order valence-electron chi connectivity index (χ4n) is 2.34. The molecule has 0 aliphatic rings. The number of hydrogen-bond acceptors (Lipinski definition) is 3. The minimum Gasteiger partial charge on any atom is -0.330 e. The normalized spacial score (nSPS) is 13.0.